The topological polar surface area (TPSA) is 78.9 Å². The first kappa shape index (κ1) is 13.2. The number of hydrogen-bond acceptors (Lipinski definition) is 3. The van der Waals surface area contributed by atoms with Gasteiger partial charge >= 0.3 is 0 Å². The number of rotatable bonds is 6. The number of aryl methyl sites for hydroxylation is 1. The maximum atomic E-state index is 11.5. The van der Waals surface area contributed by atoms with Gasteiger partial charge in [0, 0.05) is 6.54 Å². The summed E-state index contributed by atoms with van der Waals surface area (Å²) in [5.74, 6) is -0.184. The number of carbonyl (C=O) groups is 1. The van der Waals surface area contributed by atoms with E-state index in [9.17, 15) is 4.79 Å². The molecule has 1 aromatic carbocycles. The highest BCUT2D eigenvalue weighted by Gasteiger charge is 2.12. The molecular formula is C13H17N3O. The molecule has 0 unspecified atom stereocenters. The Kier molecular flexibility index (Phi) is 5.76. The van der Waals surface area contributed by atoms with Crippen molar-refractivity contribution in [2.24, 2.45) is 5.73 Å². The van der Waals surface area contributed by atoms with Crippen LogP contribution in [0, 0.1) is 11.3 Å². The van der Waals surface area contributed by atoms with E-state index in [2.05, 4.69) is 5.32 Å². The molecule has 0 aliphatic rings. The van der Waals surface area contributed by atoms with Crippen LogP contribution in [0.1, 0.15) is 18.4 Å². The number of nitrogens with two attached hydrogens (primary N) is 1. The molecule has 0 saturated heterocycles. The smallest absolute Gasteiger partial charge is 0.236 e. The molecule has 1 amide bonds. The number of nitriles is 1. The Morgan fingerprint density at radius 1 is 1.41 bits per heavy atom. The Bertz CT molecular complexity index is 383. The molecule has 0 saturated carbocycles. The number of nitrogens with zero attached hydrogens (tertiary/aromatic N) is 1. The number of hydrogen-bond donors (Lipinski definition) is 2. The Morgan fingerprint density at radius 3 is 2.76 bits per heavy atom. The molecule has 90 valence electrons. The van der Waals surface area contributed by atoms with Crippen molar-refractivity contribution in [3.05, 3.63) is 35.9 Å². The lowest BCUT2D eigenvalue weighted by Gasteiger charge is -2.11. The maximum absolute atomic E-state index is 11.5. The summed E-state index contributed by atoms with van der Waals surface area (Å²) in [6.45, 7) is 0.369. The van der Waals surface area contributed by atoms with Gasteiger partial charge in [0.15, 0.2) is 0 Å². The minimum absolute atomic E-state index is 0.184. The van der Waals surface area contributed by atoms with Crippen LogP contribution in [0.4, 0.5) is 0 Å². The average Bonchev–Trinajstić information content (AvgIpc) is 2.37. The molecular weight excluding hydrogens is 214 g/mol. The second-order valence-electron chi connectivity index (χ2n) is 3.83. The highest BCUT2D eigenvalue weighted by Crippen LogP contribution is 2.03. The lowest BCUT2D eigenvalue weighted by molar-refractivity contribution is -0.122. The second kappa shape index (κ2) is 7.42. The Hall–Kier alpha value is -1.86. The zero-order chi connectivity index (χ0) is 12.5. The van der Waals surface area contributed by atoms with Gasteiger partial charge in [0.25, 0.3) is 0 Å². The molecule has 0 bridgehead atoms. The third kappa shape index (κ3) is 5.14. The van der Waals surface area contributed by atoms with Crippen LogP contribution in [0.5, 0.6) is 0 Å². The number of carbonyl (C=O) groups excluding carboxylic acids is 1. The SMILES string of the molecule is N#CCCNC(=O)[C@@H](N)CCc1ccccc1. The molecule has 0 heterocycles. The van der Waals surface area contributed by atoms with E-state index in [0.29, 0.717) is 19.4 Å². The second-order valence-corrected chi connectivity index (χ2v) is 3.83. The van der Waals surface area contributed by atoms with Crippen molar-refractivity contribution in [3.8, 4) is 6.07 Å². The first-order valence-corrected chi connectivity index (χ1v) is 5.68. The van der Waals surface area contributed by atoms with Crippen LogP contribution in [0.2, 0.25) is 0 Å². The van der Waals surface area contributed by atoms with Crippen LogP contribution >= 0.6 is 0 Å². The van der Waals surface area contributed by atoms with Crippen LogP contribution in [-0.2, 0) is 11.2 Å². The van der Waals surface area contributed by atoms with E-state index in [0.717, 1.165) is 6.42 Å². The fourth-order valence-corrected chi connectivity index (χ4v) is 1.47. The molecule has 0 fully saturated rings. The van der Waals surface area contributed by atoms with Gasteiger partial charge in [-0.05, 0) is 18.4 Å². The van der Waals surface area contributed by atoms with Crippen molar-refractivity contribution in [2.45, 2.75) is 25.3 Å². The largest absolute Gasteiger partial charge is 0.354 e. The van der Waals surface area contributed by atoms with Crippen LogP contribution < -0.4 is 11.1 Å². The van der Waals surface area contributed by atoms with Gasteiger partial charge in [-0.25, -0.2) is 0 Å². The third-order valence-corrected chi connectivity index (χ3v) is 2.46. The Morgan fingerprint density at radius 2 is 2.12 bits per heavy atom. The fraction of sp³-hybridized carbons (Fsp3) is 0.385. The van der Waals surface area contributed by atoms with Crippen LogP contribution in [0.25, 0.3) is 0 Å². The first-order valence-electron chi connectivity index (χ1n) is 5.68. The number of nitrogens with one attached hydrogen (secondary N) is 1. The molecule has 0 aliphatic carbocycles. The van der Waals surface area contributed by atoms with Crippen molar-refractivity contribution in [1.29, 1.82) is 5.26 Å². The van der Waals surface area contributed by atoms with Gasteiger partial charge < -0.3 is 11.1 Å². The van der Waals surface area contributed by atoms with Crippen molar-refractivity contribution >= 4 is 5.91 Å². The number of amides is 1. The summed E-state index contributed by atoms with van der Waals surface area (Å²) < 4.78 is 0. The third-order valence-electron chi connectivity index (χ3n) is 2.46. The maximum Gasteiger partial charge on any atom is 0.236 e. The molecule has 1 aromatic rings. The van der Waals surface area contributed by atoms with Gasteiger partial charge in [-0.2, -0.15) is 5.26 Å². The van der Waals surface area contributed by atoms with Crippen LogP contribution in [-0.4, -0.2) is 18.5 Å². The van der Waals surface area contributed by atoms with E-state index >= 15 is 0 Å². The van der Waals surface area contributed by atoms with Gasteiger partial charge in [-0.3, -0.25) is 4.79 Å². The molecule has 4 heteroatoms. The molecule has 0 aromatic heterocycles. The summed E-state index contributed by atoms with van der Waals surface area (Å²) >= 11 is 0. The summed E-state index contributed by atoms with van der Waals surface area (Å²) in [4.78, 5) is 11.5. The Labute approximate surface area is 101 Å². The predicted octanol–water partition coefficient (Wildman–Crippen LogP) is 0.976. The monoisotopic (exact) mass is 231 g/mol. The molecule has 3 N–H and O–H groups in total. The summed E-state index contributed by atoms with van der Waals surface area (Å²) in [7, 11) is 0. The summed E-state index contributed by atoms with van der Waals surface area (Å²) in [5, 5.41) is 11.0. The average molecular weight is 231 g/mol. The van der Waals surface area contributed by atoms with Gasteiger partial charge in [-0.1, -0.05) is 30.3 Å². The van der Waals surface area contributed by atoms with Crippen molar-refractivity contribution < 1.29 is 4.79 Å². The van der Waals surface area contributed by atoms with Crippen LogP contribution in [0.3, 0.4) is 0 Å². The minimum Gasteiger partial charge on any atom is -0.354 e. The fourth-order valence-electron chi connectivity index (χ4n) is 1.47. The molecule has 0 aliphatic heterocycles. The summed E-state index contributed by atoms with van der Waals surface area (Å²) in [6, 6.07) is 11.4. The normalized spacial score (nSPS) is 11.5. The molecule has 0 spiro atoms. The highest BCUT2D eigenvalue weighted by atomic mass is 16.2. The lowest BCUT2D eigenvalue weighted by atomic mass is 10.1. The van der Waals surface area contributed by atoms with E-state index < -0.39 is 6.04 Å². The van der Waals surface area contributed by atoms with Gasteiger partial charge in [0.2, 0.25) is 5.91 Å². The molecule has 1 rings (SSSR count). The molecule has 4 nitrogen and oxygen atoms in total. The highest BCUT2D eigenvalue weighted by molar-refractivity contribution is 5.81. The predicted molar refractivity (Wildman–Crippen MR) is 66.0 cm³/mol. The van der Waals surface area contributed by atoms with Gasteiger partial charge in [0.1, 0.15) is 0 Å². The zero-order valence-corrected chi connectivity index (χ0v) is 9.73. The molecule has 1 atom stereocenters. The first-order chi connectivity index (χ1) is 8.24. The van der Waals surface area contributed by atoms with E-state index in [-0.39, 0.29) is 5.91 Å². The van der Waals surface area contributed by atoms with E-state index in [1.165, 1.54) is 5.56 Å². The van der Waals surface area contributed by atoms with E-state index in [1.54, 1.807) is 0 Å². The Balaban J connectivity index is 2.27. The number of benzene rings is 1. The zero-order valence-electron chi connectivity index (χ0n) is 9.73. The summed E-state index contributed by atoms with van der Waals surface area (Å²) in [5.41, 5.74) is 6.93. The van der Waals surface area contributed by atoms with Gasteiger partial charge in [-0.15, -0.1) is 0 Å². The quantitative estimate of drug-likeness (QED) is 0.716. The minimum atomic E-state index is -0.506. The standard InChI is InChI=1S/C13H17N3O/c14-9-4-10-16-13(17)12(15)8-7-11-5-2-1-3-6-11/h1-3,5-6,12H,4,7-8,10,15H2,(H,16,17)/t12-/m0/s1. The summed E-state index contributed by atoms with van der Waals surface area (Å²) in [6.07, 6.45) is 1.72. The van der Waals surface area contributed by atoms with E-state index in [1.807, 2.05) is 36.4 Å². The molecule has 0 radical (unpaired) electrons. The van der Waals surface area contributed by atoms with Crippen molar-refractivity contribution in [3.63, 3.8) is 0 Å². The van der Waals surface area contributed by atoms with Crippen molar-refractivity contribution in [1.82, 2.24) is 5.32 Å². The molecule has 17 heavy (non-hydrogen) atoms. The van der Waals surface area contributed by atoms with Crippen LogP contribution in [0.15, 0.2) is 30.3 Å². The van der Waals surface area contributed by atoms with Crippen molar-refractivity contribution in [2.75, 3.05) is 6.54 Å². The van der Waals surface area contributed by atoms with E-state index in [4.69, 9.17) is 11.0 Å². The van der Waals surface area contributed by atoms with Gasteiger partial charge in [0.05, 0.1) is 18.5 Å². The lowest BCUT2D eigenvalue weighted by Crippen LogP contribution is -2.41.